The third-order valence-corrected chi connectivity index (χ3v) is 3.42. The highest BCUT2D eigenvalue weighted by molar-refractivity contribution is 6.15. The summed E-state index contributed by atoms with van der Waals surface area (Å²) in [6, 6.07) is 0.0202. The molecule has 6 nitrogen and oxygen atoms in total. The minimum atomic E-state index is -0.278. The Bertz CT molecular complexity index is 486. The number of morpholine rings is 1. The van der Waals surface area contributed by atoms with Crippen LogP contribution in [0.15, 0.2) is 11.0 Å². The van der Waals surface area contributed by atoms with E-state index in [2.05, 4.69) is 16.9 Å². The summed E-state index contributed by atoms with van der Waals surface area (Å²) in [5.41, 5.74) is 0.455. The van der Waals surface area contributed by atoms with Gasteiger partial charge in [-0.25, -0.2) is 4.68 Å². The molecule has 0 bridgehead atoms. The highest BCUT2D eigenvalue weighted by atomic mass is 35.5. The van der Waals surface area contributed by atoms with E-state index in [4.69, 9.17) is 21.1 Å². The van der Waals surface area contributed by atoms with Crippen LogP contribution in [0.4, 0.5) is 5.69 Å². The number of ether oxygens (including phenoxy) is 2. The largest absolute Gasteiger partial charge is 0.486 e. The molecule has 0 radical (unpaired) electrons. The maximum absolute atomic E-state index is 12.3. The fourth-order valence-electron chi connectivity index (χ4n) is 2.03. The van der Waals surface area contributed by atoms with Crippen molar-refractivity contribution in [3.05, 3.63) is 16.6 Å². The summed E-state index contributed by atoms with van der Waals surface area (Å²) in [4.78, 5) is 14.4. The first-order valence-electron chi connectivity index (χ1n) is 6.89. The van der Waals surface area contributed by atoms with Crippen molar-refractivity contribution in [2.24, 2.45) is 0 Å². The molecule has 2 heterocycles. The number of nitrogens with zero attached hydrogens (tertiary/aromatic N) is 3. The van der Waals surface area contributed by atoms with Crippen molar-refractivity contribution in [3.63, 3.8) is 0 Å². The number of unbranched alkanes of at least 4 members (excludes halogenated alkanes) is 1. The van der Waals surface area contributed by atoms with E-state index >= 15 is 0 Å². The highest BCUT2D eigenvalue weighted by Crippen LogP contribution is 2.24. The van der Waals surface area contributed by atoms with Gasteiger partial charge in [-0.2, -0.15) is 5.10 Å². The van der Waals surface area contributed by atoms with Crippen LogP contribution in [-0.4, -0.2) is 42.7 Å². The summed E-state index contributed by atoms with van der Waals surface area (Å²) in [7, 11) is 0. The molecule has 2 rings (SSSR count). The van der Waals surface area contributed by atoms with Gasteiger partial charge in [-0.05, 0) is 6.42 Å². The van der Waals surface area contributed by atoms with Gasteiger partial charge in [0.25, 0.3) is 0 Å². The lowest BCUT2D eigenvalue weighted by molar-refractivity contribution is 0.122. The van der Waals surface area contributed by atoms with Gasteiger partial charge >= 0.3 is 5.56 Å². The summed E-state index contributed by atoms with van der Waals surface area (Å²) < 4.78 is 12.2. The highest BCUT2D eigenvalue weighted by Gasteiger charge is 2.20. The zero-order valence-corrected chi connectivity index (χ0v) is 12.4. The molecule has 0 saturated carbocycles. The molecule has 0 N–H and O–H groups in total. The van der Waals surface area contributed by atoms with E-state index in [0.29, 0.717) is 25.6 Å². The predicted octanol–water partition coefficient (Wildman–Crippen LogP) is 1.46. The first-order valence-corrected chi connectivity index (χ1v) is 7.43. The van der Waals surface area contributed by atoms with Gasteiger partial charge in [0.2, 0.25) is 5.75 Å². The summed E-state index contributed by atoms with van der Waals surface area (Å²) in [5, 5.41) is 4.07. The molecule has 0 aliphatic carbocycles. The van der Waals surface area contributed by atoms with Crippen molar-refractivity contribution >= 4 is 17.3 Å². The van der Waals surface area contributed by atoms with Crippen LogP contribution in [0, 0.1) is 0 Å². The number of hydrogen-bond acceptors (Lipinski definition) is 5. The Labute approximate surface area is 123 Å². The van der Waals surface area contributed by atoms with Crippen LogP contribution < -0.4 is 15.2 Å². The average molecular weight is 302 g/mol. The van der Waals surface area contributed by atoms with E-state index in [1.165, 1.54) is 4.68 Å². The van der Waals surface area contributed by atoms with E-state index in [9.17, 15) is 4.79 Å². The van der Waals surface area contributed by atoms with Gasteiger partial charge in [0.1, 0.15) is 11.7 Å². The third-order valence-electron chi connectivity index (χ3n) is 3.19. The van der Waals surface area contributed by atoms with Gasteiger partial charge in [0.15, 0.2) is 0 Å². The predicted molar refractivity (Wildman–Crippen MR) is 77.8 cm³/mol. The normalized spacial score (nSPS) is 15.4. The topological polar surface area (TPSA) is 56.6 Å². The Morgan fingerprint density at radius 1 is 1.45 bits per heavy atom. The molecule has 0 amide bonds. The Balaban J connectivity index is 2.28. The van der Waals surface area contributed by atoms with Crippen LogP contribution in [0.1, 0.15) is 19.8 Å². The maximum Gasteiger partial charge on any atom is 0.312 e. The molecule has 0 spiro atoms. The molecular weight excluding hydrogens is 282 g/mol. The fraction of sp³-hybridized carbons (Fsp3) is 0.692. The lowest BCUT2D eigenvalue weighted by Gasteiger charge is -2.29. The lowest BCUT2D eigenvalue weighted by Crippen LogP contribution is -2.38. The molecule has 1 aliphatic rings. The minimum absolute atomic E-state index is 0.0202. The van der Waals surface area contributed by atoms with Crippen LogP contribution in [0.2, 0.25) is 0 Å². The Hall–Kier alpha value is -1.27. The van der Waals surface area contributed by atoms with Crippen LogP contribution in [-0.2, 0) is 10.7 Å². The van der Waals surface area contributed by atoms with Crippen molar-refractivity contribution in [2.75, 3.05) is 37.8 Å². The van der Waals surface area contributed by atoms with Crippen molar-refractivity contribution in [1.29, 1.82) is 0 Å². The van der Waals surface area contributed by atoms with E-state index in [-0.39, 0.29) is 11.6 Å². The van der Waals surface area contributed by atoms with Crippen molar-refractivity contribution < 1.29 is 9.47 Å². The average Bonchev–Trinajstić information content (AvgIpc) is 2.50. The molecule has 7 heteroatoms. The minimum Gasteiger partial charge on any atom is -0.486 e. The van der Waals surface area contributed by atoms with E-state index < -0.39 is 0 Å². The number of alkyl halides is 1. The maximum atomic E-state index is 12.3. The van der Waals surface area contributed by atoms with Crippen LogP contribution in [0.3, 0.4) is 0 Å². The molecule has 1 fully saturated rings. The van der Waals surface area contributed by atoms with Gasteiger partial charge in [-0.3, -0.25) is 4.79 Å². The second kappa shape index (κ2) is 7.50. The number of hydrogen-bond donors (Lipinski definition) is 0. The summed E-state index contributed by atoms with van der Waals surface area (Å²) in [5.74, 6) is 0.344. The Morgan fingerprint density at radius 3 is 2.85 bits per heavy atom. The number of aromatic nitrogens is 2. The smallest absolute Gasteiger partial charge is 0.312 e. The monoisotopic (exact) mass is 301 g/mol. The number of rotatable bonds is 6. The fourth-order valence-corrected chi connectivity index (χ4v) is 2.20. The van der Waals surface area contributed by atoms with Crippen LogP contribution in [0.25, 0.3) is 0 Å². The van der Waals surface area contributed by atoms with Crippen LogP contribution in [0.5, 0.6) is 5.75 Å². The second-order valence-electron chi connectivity index (χ2n) is 4.58. The molecule has 0 aromatic carbocycles. The summed E-state index contributed by atoms with van der Waals surface area (Å²) in [6.07, 6.45) is 3.57. The van der Waals surface area contributed by atoms with Gasteiger partial charge in [0.05, 0.1) is 26.0 Å². The molecular formula is C13H20ClN3O3. The molecule has 0 unspecified atom stereocenters. The Kier molecular flexibility index (Phi) is 5.67. The van der Waals surface area contributed by atoms with Gasteiger partial charge < -0.3 is 14.4 Å². The summed E-state index contributed by atoms with van der Waals surface area (Å²) in [6.45, 7) is 5.36. The van der Waals surface area contributed by atoms with Crippen LogP contribution >= 0.6 is 11.6 Å². The van der Waals surface area contributed by atoms with Gasteiger partial charge in [-0.15, -0.1) is 11.6 Å². The molecule has 20 heavy (non-hydrogen) atoms. The first kappa shape index (κ1) is 15.1. The van der Waals surface area contributed by atoms with Crippen molar-refractivity contribution in [3.8, 4) is 5.75 Å². The van der Waals surface area contributed by atoms with Crippen molar-refractivity contribution in [2.45, 2.75) is 25.8 Å². The molecule has 1 aromatic heterocycles. The quantitative estimate of drug-likeness (QED) is 0.588. The standard InChI is InChI=1S/C13H20ClN3O3/c1-2-3-6-20-12-11(16-4-7-19-8-5-16)9-15-17(10-14)13(12)18/h9H,2-8,10H2,1H3. The lowest BCUT2D eigenvalue weighted by atomic mass is 10.3. The zero-order valence-electron chi connectivity index (χ0n) is 11.7. The molecule has 1 aliphatic heterocycles. The van der Waals surface area contributed by atoms with Gasteiger partial charge in [0, 0.05) is 13.1 Å². The molecule has 1 saturated heterocycles. The van der Waals surface area contributed by atoms with Gasteiger partial charge in [-0.1, -0.05) is 13.3 Å². The Morgan fingerprint density at radius 2 is 2.20 bits per heavy atom. The zero-order chi connectivity index (χ0) is 14.4. The molecule has 1 aromatic rings. The number of halogens is 1. The third kappa shape index (κ3) is 3.43. The van der Waals surface area contributed by atoms with E-state index in [0.717, 1.165) is 31.6 Å². The molecule has 0 atom stereocenters. The second-order valence-corrected chi connectivity index (χ2v) is 4.82. The summed E-state index contributed by atoms with van der Waals surface area (Å²) >= 11 is 5.71. The van der Waals surface area contributed by atoms with E-state index in [1.807, 2.05) is 0 Å². The number of anilines is 1. The van der Waals surface area contributed by atoms with E-state index in [1.54, 1.807) is 6.20 Å². The van der Waals surface area contributed by atoms with Crippen molar-refractivity contribution in [1.82, 2.24) is 9.78 Å². The molecule has 112 valence electrons. The SMILES string of the molecule is CCCCOc1c(N2CCOCC2)cnn(CCl)c1=O. The first-order chi connectivity index (χ1) is 9.77.